The van der Waals surface area contributed by atoms with Gasteiger partial charge in [-0.1, -0.05) is 78.2 Å². The first-order valence-corrected chi connectivity index (χ1v) is 11.0. The summed E-state index contributed by atoms with van der Waals surface area (Å²) < 4.78 is 5.86. The van der Waals surface area contributed by atoms with Crippen molar-refractivity contribution >= 4 is 72.9 Å². The Hall–Kier alpha value is -3.06. The van der Waals surface area contributed by atoms with E-state index in [1.165, 1.54) is 11.3 Å². The van der Waals surface area contributed by atoms with E-state index in [2.05, 4.69) is 34.2 Å². The van der Waals surface area contributed by atoms with Gasteiger partial charge in [0.15, 0.2) is 4.83 Å². The maximum absolute atomic E-state index is 5.86. The first-order valence-electron chi connectivity index (χ1n) is 9.34. The van der Waals surface area contributed by atoms with Gasteiger partial charge in [0.1, 0.15) is 5.01 Å². The minimum absolute atomic E-state index is 0.531. The fraction of sp³-hybridized carbons (Fsp3) is 0. The molecule has 1 aliphatic carbocycles. The van der Waals surface area contributed by atoms with Gasteiger partial charge >= 0.3 is 0 Å². The van der Waals surface area contributed by atoms with E-state index in [1.54, 1.807) is 0 Å². The second-order valence-electron chi connectivity index (χ2n) is 7.01. The average molecular weight is 441 g/mol. The maximum atomic E-state index is 5.86. The summed E-state index contributed by atoms with van der Waals surface area (Å²) in [5.74, 6) is 0.578. The standard InChI is InChI=1S/C24H12N2OS3/c28-20-16-10-14-8-4-5-9-15(14)11-17(16)21(29)18(20)12-19-25-23-24(30-19)26-22(27-23)13-6-2-1-3-7-13/h1-12H. The second-order valence-corrected chi connectivity index (χ2v) is 8.83. The fourth-order valence-electron chi connectivity index (χ4n) is 3.69. The van der Waals surface area contributed by atoms with Crippen LogP contribution in [0.3, 0.4) is 0 Å². The van der Waals surface area contributed by atoms with Crippen molar-refractivity contribution in [3.63, 3.8) is 0 Å². The van der Waals surface area contributed by atoms with Gasteiger partial charge in [-0.15, -0.1) is 0 Å². The SMILES string of the molecule is S=C1C(=Cc2nc3oc(-c4ccccc4)nc3s2)C(=S)c2cc3ccccc3cc21. The van der Waals surface area contributed by atoms with Crippen LogP contribution in [-0.2, 0) is 0 Å². The molecule has 0 saturated heterocycles. The summed E-state index contributed by atoms with van der Waals surface area (Å²) >= 11 is 13.0. The third-order valence-corrected chi connectivity index (χ3v) is 6.90. The topological polar surface area (TPSA) is 38.9 Å². The molecule has 0 bridgehead atoms. The normalized spacial score (nSPS) is 13.4. The van der Waals surface area contributed by atoms with Gasteiger partial charge in [0.25, 0.3) is 5.71 Å². The van der Waals surface area contributed by atoms with Crippen LogP contribution in [0.4, 0.5) is 0 Å². The van der Waals surface area contributed by atoms with Gasteiger partial charge in [-0.05, 0) is 41.1 Å². The number of fused-ring (bicyclic) bond motifs is 3. The van der Waals surface area contributed by atoms with Gasteiger partial charge in [0.05, 0.1) is 9.73 Å². The van der Waals surface area contributed by atoms with Crippen molar-refractivity contribution in [3.05, 3.63) is 88.4 Å². The molecule has 2 aromatic heterocycles. The van der Waals surface area contributed by atoms with E-state index >= 15 is 0 Å². The minimum Gasteiger partial charge on any atom is -0.417 e. The van der Waals surface area contributed by atoms with E-state index in [1.807, 2.05) is 48.5 Å². The van der Waals surface area contributed by atoms with Crippen LogP contribution in [0.1, 0.15) is 16.1 Å². The highest BCUT2D eigenvalue weighted by Gasteiger charge is 2.27. The average Bonchev–Trinajstić information content (AvgIpc) is 3.41. The van der Waals surface area contributed by atoms with Crippen LogP contribution in [-0.4, -0.2) is 19.7 Å². The molecule has 6 heteroatoms. The van der Waals surface area contributed by atoms with Crippen LogP contribution in [0.2, 0.25) is 0 Å². The van der Waals surface area contributed by atoms with Gasteiger partial charge in [-0.3, -0.25) is 0 Å². The van der Waals surface area contributed by atoms with Gasteiger partial charge < -0.3 is 4.42 Å². The number of thiazole rings is 1. The number of rotatable bonds is 2. The number of nitrogens with zero attached hydrogens (tertiary/aromatic N) is 2. The molecule has 3 nitrogen and oxygen atoms in total. The highest BCUT2D eigenvalue weighted by molar-refractivity contribution is 7.84. The Morgan fingerprint density at radius 1 is 0.800 bits per heavy atom. The number of allylic oxidation sites excluding steroid dienone is 1. The molecule has 142 valence electrons. The molecule has 2 heterocycles. The second kappa shape index (κ2) is 6.74. The van der Waals surface area contributed by atoms with E-state index in [9.17, 15) is 0 Å². The molecular formula is C24H12N2OS3. The fourth-order valence-corrected chi connectivity index (χ4v) is 5.22. The number of hydrogen-bond acceptors (Lipinski definition) is 6. The van der Waals surface area contributed by atoms with E-state index in [4.69, 9.17) is 28.9 Å². The summed E-state index contributed by atoms with van der Waals surface area (Å²) in [6.45, 7) is 0. The monoisotopic (exact) mass is 440 g/mol. The number of oxazole rings is 1. The molecule has 0 spiro atoms. The lowest BCUT2D eigenvalue weighted by molar-refractivity contribution is 0.608. The van der Waals surface area contributed by atoms with E-state index < -0.39 is 0 Å². The van der Waals surface area contributed by atoms with Crippen LogP contribution >= 0.6 is 35.8 Å². The van der Waals surface area contributed by atoms with Crippen molar-refractivity contribution in [2.24, 2.45) is 0 Å². The van der Waals surface area contributed by atoms with Crippen molar-refractivity contribution in [1.29, 1.82) is 0 Å². The number of aromatic nitrogens is 2. The van der Waals surface area contributed by atoms with Crippen LogP contribution in [0.5, 0.6) is 0 Å². The predicted molar refractivity (Wildman–Crippen MR) is 130 cm³/mol. The highest BCUT2D eigenvalue weighted by Crippen LogP contribution is 2.35. The lowest BCUT2D eigenvalue weighted by atomic mass is 10.0. The number of hydrogen-bond donors (Lipinski definition) is 0. The van der Waals surface area contributed by atoms with Crippen LogP contribution < -0.4 is 0 Å². The summed E-state index contributed by atoms with van der Waals surface area (Å²) in [5.41, 5.74) is 4.37. The zero-order chi connectivity index (χ0) is 20.2. The molecule has 0 N–H and O–H groups in total. The molecule has 1 aliphatic rings. The zero-order valence-electron chi connectivity index (χ0n) is 15.5. The lowest BCUT2D eigenvalue weighted by Gasteiger charge is -2.02. The largest absolute Gasteiger partial charge is 0.417 e. The molecule has 30 heavy (non-hydrogen) atoms. The third kappa shape index (κ3) is 2.76. The zero-order valence-corrected chi connectivity index (χ0v) is 17.9. The van der Waals surface area contributed by atoms with Crippen molar-refractivity contribution in [2.45, 2.75) is 0 Å². The smallest absolute Gasteiger partial charge is 0.259 e. The summed E-state index contributed by atoms with van der Waals surface area (Å²) in [7, 11) is 0. The molecule has 0 amide bonds. The Labute approximate surface area is 186 Å². The van der Waals surface area contributed by atoms with Gasteiger partial charge in [-0.2, -0.15) is 9.97 Å². The minimum atomic E-state index is 0.531. The van der Waals surface area contributed by atoms with Crippen molar-refractivity contribution in [2.75, 3.05) is 0 Å². The molecule has 0 fully saturated rings. The first-order chi connectivity index (χ1) is 14.7. The Kier molecular flexibility index (Phi) is 3.99. The summed E-state index contributed by atoms with van der Waals surface area (Å²) in [6.07, 6.45) is 1.96. The van der Waals surface area contributed by atoms with Crippen molar-refractivity contribution in [3.8, 4) is 11.5 Å². The molecule has 0 radical (unpaired) electrons. The molecule has 3 aromatic carbocycles. The first kappa shape index (κ1) is 17.8. The van der Waals surface area contributed by atoms with E-state index in [-0.39, 0.29) is 0 Å². The Morgan fingerprint density at radius 2 is 1.43 bits per heavy atom. The van der Waals surface area contributed by atoms with E-state index in [0.29, 0.717) is 11.6 Å². The quantitative estimate of drug-likeness (QED) is 0.227. The van der Waals surface area contributed by atoms with Gasteiger partial charge in [0.2, 0.25) is 5.89 Å². The van der Waals surface area contributed by atoms with Crippen LogP contribution in [0.25, 0.3) is 38.8 Å². The maximum Gasteiger partial charge on any atom is 0.259 e. The van der Waals surface area contributed by atoms with Crippen LogP contribution in [0, 0.1) is 0 Å². The molecule has 6 rings (SSSR count). The highest BCUT2D eigenvalue weighted by atomic mass is 32.1. The molecule has 0 atom stereocenters. The predicted octanol–water partition coefficient (Wildman–Crippen LogP) is 6.64. The lowest BCUT2D eigenvalue weighted by Crippen LogP contribution is -1.97. The Balaban J connectivity index is 1.39. The molecule has 0 unspecified atom stereocenters. The Bertz CT molecular complexity index is 1440. The molecule has 5 aromatic rings. The summed E-state index contributed by atoms with van der Waals surface area (Å²) in [5, 5.41) is 3.10. The third-order valence-electron chi connectivity index (χ3n) is 5.15. The van der Waals surface area contributed by atoms with E-state index in [0.717, 1.165) is 52.6 Å². The van der Waals surface area contributed by atoms with Gasteiger partial charge in [-0.25, -0.2) is 0 Å². The summed E-state index contributed by atoms with van der Waals surface area (Å²) in [6, 6.07) is 22.3. The van der Waals surface area contributed by atoms with Crippen LogP contribution in [0.15, 0.2) is 76.7 Å². The van der Waals surface area contributed by atoms with Crippen molar-refractivity contribution < 1.29 is 4.42 Å². The molecule has 0 saturated carbocycles. The van der Waals surface area contributed by atoms with Gasteiger partial charge in [0, 0.05) is 22.3 Å². The molecule has 0 aliphatic heterocycles. The molecular weight excluding hydrogens is 428 g/mol. The number of thiocarbonyl (C=S) groups is 2. The van der Waals surface area contributed by atoms with Crippen molar-refractivity contribution in [1.82, 2.24) is 9.97 Å². The number of benzene rings is 3. The summed E-state index contributed by atoms with van der Waals surface area (Å²) in [4.78, 5) is 11.5. The Morgan fingerprint density at radius 3 is 2.07 bits per heavy atom.